The lowest BCUT2D eigenvalue weighted by atomic mass is 9.93. The van der Waals surface area contributed by atoms with E-state index in [1.165, 1.54) is 11.1 Å². The van der Waals surface area contributed by atoms with Gasteiger partial charge in [-0.25, -0.2) is 0 Å². The van der Waals surface area contributed by atoms with Gasteiger partial charge in [-0.1, -0.05) is 29.8 Å². The second-order valence-electron chi connectivity index (χ2n) is 4.45. The normalized spacial score (nSPS) is 12.6. The summed E-state index contributed by atoms with van der Waals surface area (Å²) < 4.78 is 0. The summed E-state index contributed by atoms with van der Waals surface area (Å²) >= 11 is 8.05. The number of rotatable bonds is 6. The van der Waals surface area contributed by atoms with E-state index in [2.05, 4.69) is 34.3 Å². The van der Waals surface area contributed by atoms with Crippen molar-refractivity contribution in [1.82, 2.24) is 5.32 Å². The molecule has 96 valence electrons. The largest absolute Gasteiger partial charge is 0.319 e. The van der Waals surface area contributed by atoms with E-state index in [0.717, 1.165) is 24.4 Å². The van der Waals surface area contributed by atoms with Crippen molar-refractivity contribution in [2.24, 2.45) is 0 Å². The van der Waals surface area contributed by atoms with Gasteiger partial charge in [0.2, 0.25) is 0 Å². The highest BCUT2D eigenvalue weighted by Gasteiger charge is 2.13. The predicted octanol–water partition coefficient (Wildman–Crippen LogP) is 4.34. The minimum Gasteiger partial charge on any atom is -0.319 e. The van der Waals surface area contributed by atoms with E-state index in [0.29, 0.717) is 5.92 Å². The van der Waals surface area contributed by atoms with E-state index in [-0.39, 0.29) is 0 Å². The first kappa shape index (κ1) is 13.6. The van der Waals surface area contributed by atoms with E-state index < -0.39 is 0 Å². The van der Waals surface area contributed by atoms with Crippen LogP contribution in [0.15, 0.2) is 41.1 Å². The molecule has 1 unspecified atom stereocenters. The number of halogens is 1. The summed E-state index contributed by atoms with van der Waals surface area (Å²) in [5, 5.41) is 8.51. The summed E-state index contributed by atoms with van der Waals surface area (Å²) in [4.78, 5) is 0. The zero-order valence-corrected chi connectivity index (χ0v) is 12.1. The van der Waals surface area contributed by atoms with Crippen LogP contribution in [0.2, 0.25) is 5.02 Å². The number of thiophene rings is 1. The SMILES string of the molecule is CNCC(CCc1ccsc1)c1ccccc1Cl. The molecule has 0 fully saturated rings. The van der Waals surface area contributed by atoms with Gasteiger partial charge in [0.15, 0.2) is 0 Å². The third-order valence-electron chi connectivity index (χ3n) is 3.16. The molecule has 1 aromatic carbocycles. The maximum Gasteiger partial charge on any atom is 0.0441 e. The Labute approximate surface area is 118 Å². The monoisotopic (exact) mass is 279 g/mol. The quantitative estimate of drug-likeness (QED) is 0.830. The van der Waals surface area contributed by atoms with Crippen molar-refractivity contribution in [2.75, 3.05) is 13.6 Å². The highest BCUT2D eigenvalue weighted by atomic mass is 35.5. The van der Waals surface area contributed by atoms with Gasteiger partial charge in [0, 0.05) is 11.6 Å². The standard InChI is InChI=1S/C15H18ClNS/c1-17-10-13(7-6-12-8-9-18-11-12)14-4-2-3-5-15(14)16/h2-5,8-9,11,13,17H,6-7,10H2,1H3. The molecule has 1 aromatic heterocycles. The molecule has 1 atom stereocenters. The van der Waals surface area contributed by atoms with E-state index in [1.54, 1.807) is 11.3 Å². The summed E-state index contributed by atoms with van der Waals surface area (Å²) in [6.07, 6.45) is 2.24. The van der Waals surface area contributed by atoms with Gasteiger partial charge in [-0.3, -0.25) is 0 Å². The molecule has 3 heteroatoms. The molecule has 18 heavy (non-hydrogen) atoms. The fourth-order valence-electron chi connectivity index (χ4n) is 2.20. The second kappa shape index (κ2) is 6.93. The Morgan fingerprint density at radius 1 is 1.28 bits per heavy atom. The van der Waals surface area contributed by atoms with Gasteiger partial charge in [0.05, 0.1) is 0 Å². The first-order chi connectivity index (χ1) is 8.81. The maximum absolute atomic E-state index is 6.29. The lowest BCUT2D eigenvalue weighted by molar-refractivity contribution is 0.585. The van der Waals surface area contributed by atoms with Gasteiger partial charge >= 0.3 is 0 Å². The van der Waals surface area contributed by atoms with Crippen molar-refractivity contribution in [3.63, 3.8) is 0 Å². The Bertz CT molecular complexity index is 467. The van der Waals surface area contributed by atoms with Crippen LogP contribution in [0.4, 0.5) is 0 Å². The van der Waals surface area contributed by atoms with E-state index in [9.17, 15) is 0 Å². The molecule has 0 bridgehead atoms. The van der Waals surface area contributed by atoms with Crippen molar-refractivity contribution in [3.05, 3.63) is 57.2 Å². The van der Waals surface area contributed by atoms with Gasteiger partial charge in [-0.2, -0.15) is 11.3 Å². The van der Waals surface area contributed by atoms with Crippen LogP contribution >= 0.6 is 22.9 Å². The fraction of sp³-hybridized carbons (Fsp3) is 0.333. The molecular weight excluding hydrogens is 262 g/mol. The smallest absolute Gasteiger partial charge is 0.0441 e. The molecule has 0 radical (unpaired) electrons. The molecule has 1 nitrogen and oxygen atoms in total. The number of aryl methyl sites for hydroxylation is 1. The highest BCUT2D eigenvalue weighted by molar-refractivity contribution is 7.07. The molecule has 0 aliphatic rings. The first-order valence-electron chi connectivity index (χ1n) is 6.21. The van der Waals surface area contributed by atoms with Crippen LogP contribution in [-0.2, 0) is 6.42 Å². The topological polar surface area (TPSA) is 12.0 Å². The Kier molecular flexibility index (Phi) is 5.24. The number of benzene rings is 1. The summed E-state index contributed by atoms with van der Waals surface area (Å²) in [6, 6.07) is 10.4. The van der Waals surface area contributed by atoms with Crippen molar-refractivity contribution >= 4 is 22.9 Å². The highest BCUT2D eigenvalue weighted by Crippen LogP contribution is 2.28. The van der Waals surface area contributed by atoms with Gasteiger partial charge in [-0.05, 0) is 59.8 Å². The van der Waals surface area contributed by atoms with Crippen LogP contribution in [0, 0.1) is 0 Å². The summed E-state index contributed by atoms with van der Waals surface area (Å²) in [5.41, 5.74) is 2.68. The molecule has 2 aromatic rings. The molecule has 0 saturated heterocycles. The van der Waals surface area contributed by atoms with Crippen LogP contribution in [0.25, 0.3) is 0 Å². The van der Waals surface area contributed by atoms with Crippen molar-refractivity contribution < 1.29 is 0 Å². The Morgan fingerprint density at radius 2 is 2.11 bits per heavy atom. The zero-order chi connectivity index (χ0) is 12.8. The van der Waals surface area contributed by atoms with Gasteiger partial charge < -0.3 is 5.32 Å². The number of likely N-dealkylation sites (N-methyl/N-ethyl adjacent to an activating group) is 1. The van der Waals surface area contributed by atoms with E-state index in [1.807, 2.05) is 19.2 Å². The summed E-state index contributed by atoms with van der Waals surface area (Å²) in [6.45, 7) is 0.966. The molecule has 0 aliphatic carbocycles. The van der Waals surface area contributed by atoms with Crippen molar-refractivity contribution in [1.29, 1.82) is 0 Å². The van der Waals surface area contributed by atoms with E-state index in [4.69, 9.17) is 11.6 Å². The third-order valence-corrected chi connectivity index (χ3v) is 4.23. The fourth-order valence-corrected chi connectivity index (χ4v) is 3.19. The third kappa shape index (κ3) is 3.58. The summed E-state index contributed by atoms with van der Waals surface area (Å²) in [7, 11) is 1.99. The summed E-state index contributed by atoms with van der Waals surface area (Å²) in [5.74, 6) is 0.476. The maximum atomic E-state index is 6.29. The average Bonchev–Trinajstić information content (AvgIpc) is 2.88. The molecule has 1 N–H and O–H groups in total. The minimum absolute atomic E-state index is 0.476. The average molecular weight is 280 g/mol. The van der Waals surface area contributed by atoms with Crippen LogP contribution in [0.3, 0.4) is 0 Å². The molecule has 0 saturated carbocycles. The molecule has 0 amide bonds. The second-order valence-corrected chi connectivity index (χ2v) is 5.63. The molecule has 0 spiro atoms. The molecular formula is C15H18ClNS. The lowest BCUT2D eigenvalue weighted by Crippen LogP contribution is -2.18. The number of hydrogen-bond acceptors (Lipinski definition) is 2. The first-order valence-corrected chi connectivity index (χ1v) is 7.53. The van der Waals surface area contributed by atoms with Crippen molar-refractivity contribution in [2.45, 2.75) is 18.8 Å². The van der Waals surface area contributed by atoms with Crippen molar-refractivity contribution in [3.8, 4) is 0 Å². The Morgan fingerprint density at radius 3 is 2.78 bits per heavy atom. The van der Waals surface area contributed by atoms with Gasteiger partial charge in [0.25, 0.3) is 0 Å². The van der Waals surface area contributed by atoms with Crippen LogP contribution in [0.1, 0.15) is 23.5 Å². The molecule has 1 heterocycles. The number of hydrogen-bond donors (Lipinski definition) is 1. The predicted molar refractivity (Wildman–Crippen MR) is 80.8 cm³/mol. The van der Waals surface area contributed by atoms with Crippen LogP contribution < -0.4 is 5.32 Å². The van der Waals surface area contributed by atoms with Gasteiger partial charge in [0.1, 0.15) is 0 Å². The van der Waals surface area contributed by atoms with Crippen LogP contribution in [-0.4, -0.2) is 13.6 Å². The van der Waals surface area contributed by atoms with E-state index >= 15 is 0 Å². The molecule has 2 rings (SSSR count). The Hall–Kier alpha value is -0.830. The van der Waals surface area contributed by atoms with Crippen LogP contribution in [0.5, 0.6) is 0 Å². The zero-order valence-electron chi connectivity index (χ0n) is 10.5. The Balaban J connectivity index is 2.06. The van der Waals surface area contributed by atoms with Gasteiger partial charge in [-0.15, -0.1) is 0 Å². The number of nitrogens with one attached hydrogen (secondary N) is 1. The molecule has 0 aliphatic heterocycles. The minimum atomic E-state index is 0.476. The lowest BCUT2D eigenvalue weighted by Gasteiger charge is -2.18.